The van der Waals surface area contributed by atoms with Crippen LogP contribution in [0.15, 0.2) is 102 Å². The van der Waals surface area contributed by atoms with Gasteiger partial charge in [0.05, 0.1) is 12.0 Å². The molecular weight excluding hydrogens is 448 g/mol. The van der Waals surface area contributed by atoms with Crippen LogP contribution in [-0.4, -0.2) is 27.5 Å². The number of methoxy groups -OCH3 is 1. The third kappa shape index (κ3) is 5.81. The Balaban J connectivity index is 1.54. The number of benzene rings is 4. The highest BCUT2D eigenvalue weighted by atomic mass is 32.2. The Morgan fingerprint density at radius 1 is 0.824 bits per heavy atom. The van der Waals surface area contributed by atoms with E-state index in [0.717, 1.165) is 27.6 Å². The van der Waals surface area contributed by atoms with Gasteiger partial charge < -0.3 is 10.1 Å². The molecule has 4 rings (SSSR count). The molecule has 1 atom stereocenters. The van der Waals surface area contributed by atoms with E-state index < -0.39 is 22.0 Å². The molecule has 4 aromatic carbocycles. The molecule has 0 heterocycles. The van der Waals surface area contributed by atoms with Crippen LogP contribution < -0.4 is 14.8 Å². The van der Waals surface area contributed by atoms with E-state index in [9.17, 15) is 13.2 Å². The monoisotopic (exact) mass is 474 g/mol. The maximum absolute atomic E-state index is 13.2. The number of ether oxygens (including phenoxy) is 1. The summed E-state index contributed by atoms with van der Waals surface area (Å²) in [6.45, 7) is 0.270. The van der Waals surface area contributed by atoms with Crippen molar-refractivity contribution >= 4 is 26.7 Å². The predicted octanol–water partition coefficient (Wildman–Crippen LogP) is 4.05. The molecule has 0 radical (unpaired) electrons. The molecule has 34 heavy (non-hydrogen) atoms. The average molecular weight is 475 g/mol. The lowest BCUT2D eigenvalue weighted by molar-refractivity contribution is -0.122. The van der Waals surface area contributed by atoms with Crippen LogP contribution in [0.3, 0.4) is 0 Å². The Bertz CT molecular complexity index is 1370. The quantitative estimate of drug-likeness (QED) is 0.383. The fraction of sp³-hybridized carbons (Fsp3) is 0.148. The molecule has 174 valence electrons. The molecule has 4 aromatic rings. The van der Waals surface area contributed by atoms with Crippen molar-refractivity contribution in [2.75, 3.05) is 7.11 Å². The van der Waals surface area contributed by atoms with Crippen molar-refractivity contribution in [2.45, 2.75) is 23.9 Å². The van der Waals surface area contributed by atoms with E-state index in [1.165, 1.54) is 0 Å². The van der Waals surface area contributed by atoms with Crippen molar-refractivity contribution in [3.63, 3.8) is 0 Å². The van der Waals surface area contributed by atoms with Gasteiger partial charge in [-0.05, 0) is 52.6 Å². The summed E-state index contributed by atoms with van der Waals surface area (Å²) in [4.78, 5) is 13.2. The van der Waals surface area contributed by atoms with Gasteiger partial charge in [0.15, 0.2) is 0 Å². The summed E-state index contributed by atoms with van der Waals surface area (Å²) in [5.74, 6) is 0.323. The lowest BCUT2D eigenvalue weighted by Crippen LogP contribution is -2.47. The van der Waals surface area contributed by atoms with E-state index in [0.29, 0.717) is 0 Å². The number of amides is 1. The second-order valence-electron chi connectivity index (χ2n) is 7.94. The second-order valence-corrected chi connectivity index (χ2v) is 9.65. The van der Waals surface area contributed by atoms with Crippen LogP contribution in [0, 0.1) is 0 Å². The normalized spacial score (nSPS) is 12.3. The van der Waals surface area contributed by atoms with Crippen molar-refractivity contribution < 1.29 is 17.9 Å². The minimum Gasteiger partial charge on any atom is -0.497 e. The molecule has 0 bridgehead atoms. The Kier molecular flexibility index (Phi) is 7.25. The lowest BCUT2D eigenvalue weighted by atomic mass is 10.1. The van der Waals surface area contributed by atoms with Gasteiger partial charge in [-0.1, -0.05) is 72.8 Å². The van der Waals surface area contributed by atoms with Gasteiger partial charge in [0.2, 0.25) is 15.9 Å². The summed E-state index contributed by atoms with van der Waals surface area (Å²) >= 11 is 0. The van der Waals surface area contributed by atoms with E-state index in [1.807, 2.05) is 78.9 Å². The standard InChI is InChI=1S/C27H26N2O4S/c1-33-24-14-11-21(12-15-24)19-28-27(30)26(17-20-7-3-2-4-8-20)29-34(31,32)25-16-13-22-9-5-6-10-23(22)18-25/h2-16,18,26,29H,17,19H2,1H3,(H,28,30)/t26-/m1/s1. The number of hydrogen-bond donors (Lipinski definition) is 2. The van der Waals surface area contributed by atoms with Crippen LogP contribution in [0.5, 0.6) is 5.75 Å². The summed E-state index contributed by atoms with van der Waals surface area (Å²) in [5.41, 5.74) is 1.73. The zero-order chi connectivity index (χ0) is 24.0. The SMILES string of the molecule is COc1ccc(CNC(=O)[C@@H](Cc2ccccc2)NS(=O)(=O)c2ccc3ccccc3c2)cc1. The van der Waals surface area contributed by atoms with Crippen molar-refractivity contribution in [1.82, 2.24) is 10.0 Å². The summed E-state index contributed by atoms with van der Waals surface area (Å²) in [5, 5.41) is 4.61. The van der Waals surface area contributed by atoms with Crippen molar-refractivity contribution in [3.05, 3.63) is 108 Å². The molecule has 0 fully saturated rings. The molecule has 0 saturated heterocycles. The fourth-order valence-corrected chi connectivity index (χ4v) is 4.91. The number of fused-ring (bicyclic) bond motifs is 1. The van der Waals surface area contributed by atoms with E-state index in [2.05, 4.69) is 10.0 Å². The van der Waals surface area contributed by atoms with Crippen molar-refractivity contribution in [1.29, 1.82) is 0 Å². The Morgan fingerprint density at radius 3 is 2.21 bits per heavy atom. The van der Waals surface area contributed by atoms with E-state index >= 15 is 0 Å². The molecule has 0 spiro atoms. The van der Waals surface area contributed by atoms with E-state index in [1.54, 1.807) is 25.3 Å². The molecular formula is C27H26N2O4S. The predicted molar refractivity (Wildman–Crippen MR) is 133 cm³/mol. The van der Waals surface area contributed by atoms with E-state index in [-0.39, 0.29) is 17.9 Å². The number of rotatable bonds is 9. The Morgan fingerprint density at radius 2 is 1.50 bits per heavy atom. The smallest absolute Gasteiger partial charge is 0.241 e. The third-order valence-corrected chi connectivity index (χ3v) is 7.02. The molecule has 6 nitrogen and oxygen atoms in total. The van der Waals surface area contributed by atoms with Gasteiger partial charge in [-0.15, -0.1) is 0 Å². The van der Waals surface area contributed by atoms with Crippen molar-refractivity contribution in [2.24, 2.45) is 0 Å². The first-order chi connectivity index (χ1) is 16.4. The molecule has 1 amide bonds. The summed E-state index contributed by atoms with van der Waals surface area (Å²) in [6.07, 6.45) is 0.224. The highest BCUT2D eigenvalue weighted by Crippen LogP contribution is 2.19. The summed E-state index contributed by atoms with van der Waals surface area (Å²) < 4.78 is 34.2. The molecule has 0 unspecified atom stereocenters. The second kappa shape index (κ2) is 10.5. The minimum absolute atomic E-state index is 0.118. The zero-order valence-corrected chi connectivity index (χ0v) is 19.6. The summed E-state index contributed by atoms with van der Waals surface area (Å²) in [6, 6.07) is 28.2. The number of sulfonamides is 1. The van der Waals surface area contributed by atoms with Gasteiger partial charge in [-0.2, -0.15) is 4.72 Å². The first kappa shape index (κ1) is 23.5. The van der Waals surface area contributed by atoms with Gasteiger partial charge in [0, 0.05) is 6.54 Å². The Hall–Kier alpha value is -3.68. The summed E-state index contributed by atoms with van der Waals surface area (Å²) in [7, 11) is -2.35. The molecule has 0 aliphatic rings. The van der Waals surface area contributed by atoms with Crippen LogP contribution >= 0.6 is 0 Å². The molecule has 0 aliphatic heterocycles. The topological polar surface area (TPSA) is 84.5 Å². The van der Waals surface area contributed by atoms with Crippen molar-refractivity contribution in [3.8, 4) is 5.75 Å². The van der Waals surface area contributed by atoms with Crippen LogP contribution in [0.1, 0.15) is 11.1 Å². The van der Waals surface area contributed by atoms with Gasteiger partial charge >= 0.3 is 0 Å². The molecule has 0 aromatic heterocycles. The number of nitrogens with one attached hydrogen (secondary N) is 2. The third-order valence-electron chi connectivity index (χ3n) is 5.55. The minimum atomic E-state index is -3.94. The van der Waals surface area contributed by atoms with Crippen LogP contribution in [0.4, 0.5) is 0 Å². The van der Waals surface area contributed by atoms with Crippen LogP contribution in [0.2, 0.25) is 0 Å². The van der Waals surface area contributed by atoms with Gasteiger partial charge in [0.25, 0.3) is 0 Å². The Labute approximate surface area is 199 Å². The largest absolute Gasteiger partial charge is 0.497 e. The van der Waals surface area contributed by atoms with Crippen LogP contribution in [-0.2, 0) is 27.8 Å². The molecule has 2 N–H and O–H groups in total. The van der Waals surface area contributed by atoms with E-state index in [4.69, 9.17) is 4.74 Å². The highest BCUT2D eigenvalue weighted by molar-refractivity contribution is 7.89. The maximum atomic E-state index is 13.2. The first-order valence-electron chi connectivity index (χ1n) is 10.9. The molecule has 0 aliphatic carbocycles. The number of carbonyl (C=O) groups is 1. The van der Waals surface area contributed by atoms with Gasteiger partial charge in [-0.3, -0.25) is 4.79 Å². The first-order valence-corrected chi connectivity index (χ1v) is 12.4. The maximum Gasteiger partial charge on any atom is 0.241 e. The zero-order valence-electron chi connectivity index (χ0n) is 18.8. The van der Waals surface area contributed by atoms with Gasteiger partial charge in [0.1, 0.15) is 11.8 Å². The fourth-order valence-electron chi connectivity index (χ4n) is 3.68. The number of carbonyl (C=O) groups excluding carboxylic acids is 1. The average Bonchev–Trinajstić information content (AvgIpc) is 2.87. The highest BCUT2D eigenvalue weighted by Gasteiger charge is 2.26. The van der Waals surface area contributed by atoms with Crippen LogP contribution in [0.25, 0.3) is 10.8 Å². The number of hydrogen-bond acceptors (Lipinski definition) is 4. The lowest BCUT2D eigenvalue weighted by Gasteiger charge is -2.19. The molecule has 7 heteroatoms. The molecule has 0 saturated carbocycles. The van der Waals surface area contributed by atoms with Gasteiger partial charge in [-0.25, -0.2) is 8.42 Å².